The van der Waals surface area contributed by atoms with Crippen molar-refractivity contribution in [2.24, 2.45) is 4.99 Å². The van der Waals surface area contributed by atoms with Crippen molar-refractivity contribution in [1.82, 2.24) is 15.6 Å². The van der Waals surface area contributed by atoms with Crippen LogP contribution in [0, 0.1) is 13.8 Å². The van der Waals surface area contributed by atoms with Crippen LogP contribution in [0.2, 0.25) is 0 Å². The van der Waals surface area contributed by atoms with Crippen LogP contribution in [0.15, 0.2) is 29.3 Å². The van der Waals surface area contributed by atoms with E-state index in [1.54, 1.807) is 18.4 Å². The molecule has 1 atom stereocenters. The van der Waals surface area contributed by atoms with E-state index in [9.17, 15) is 0 Å². The largest absolute Gasteiger partial charge is 0.497 e. The first kappa shape index (κ1) is 22.7. The summed E-state index contributed by atoms with van der Waals surface area (Å²) in [6.45, 7) is 6.87. The van der Waals surface area contributed by atoms with Gasteiger partial charge in [-0.2, -0.15) is 0 Å². The summed E-state index contributed by atoms with van der Waals surface area (Å²) in [6.07, 6.45) is 2.29. The number of aliphatic imine (C=N–C) groups is 1. The fourth-order valence-electron chi connectivity index (χ4n) is 3.43. The maximum atomic E-state index is 5.36. The van der Waals surface area contributed by atoms with Gasteiger partial charge in [0.05, 0.1) is 24.4 Å². The molecule has 1 aliphatic rings. The SMILES string of the molecule is CN=C(NCc1sc(C)nc1C)NC1CCCN(c2cccc(OC)c2)C1.I. The quantitative estimate of drug-likeness (QED) is 0.361. The highest BCUT2D eigenvalue weighted by atomic mass is 127. The molecule has 8 heteroatoms. The number of aromatic nitrogens is 1. The second-order valence-electron chi connectivity index (χ2n) is 6.80. The molecule has 0 saturated carbocycles. The molecule has 3 rings (SSSR count). The molecule has 0 radical (unpaired) electrons. The minimum Gasteiger partial charge on any atom is -0.497 e. The summed E-state index contributed by atoms with van der Waals surface area (Å²) >= 11 is 1.74. The Bertz CT molecular complexity index is 795. The molecule has 1 fully saturated rings. The molecule has 1 aromatic heterocycles. The molecule has 28 heavy (non-hydrogen) atoms. The van der Waals surface area contributed by atoms with Gasteiger partial charge in [-0.3, -0.25) is 4.99 Å². The highest BCUT2D eigenvalue weighted by molar-refractivity contribution is 14.0. The minimum absolute atomic E-state index is 0. The molecule has 1 saturated heterocycles. The maximum absolute atomic E-state index is 5.36. The Balaban J connectivity index is 0.00000280. The lowest BCUT2D eigenvalue weighted by atomic mass is 10.0. The Kier molecular flexibility index (Phi) is 8.81. The second kappa shape index (κ2) is 10.8. The fraction of sp³-hybridized carbons (Fsp3) is 0.500. The number of hydrogen-bond acceptors (Lipinski definition) is 5. The van der Waals surface area contributed by atoms with E-state index in [1.165, 1.54) is 10.6 Å². The van der Waals surface area contributed by atoms with Crippen molar-refractivity contribution in [1.29, 1.82) is 0 Å². The molecule has 6 nitrogen and oxygen atoms in total. The number of benzene rings is 1. The Hall–Kier alpha value is -1.55. The lowest BCUT2D eigenvalue weighted by molar-refractivity contribution is 0.414. The lowest BCUT2D eigenvalue weighted by Gasteiger charge is -2.35. The van der Waals surface area contributed by atoms with Gasteiger partial charge in [0.1, 0.15) is 5.75 Å². The molecule has 2 N–H and O–H groups in total. The van der Waals surface area contributed by atoms with Crippen molar-refractivity contribution in [3.8, 4) is 5.75 Å². The van der Waals surface area contributed by atoms with E-state index >= 15 is 0 Å². The average Bonchev–Trinajstić information content (AvgIpc) is 3.02. The smallest absolute Gasteiger partial charge is 0.191 e. The predicted octanol–water partition coefficient (Wildman–Crippen LogP) is 3.72. The van der Waals surface area contributed by atoms with Gasteiger partial charge in [0, 0.05) is 42.8 Å². The Labute approximate surface area is 188 Å². The molecular formula is C20H30IN5OS. The summed E-state index contributed by atoms with van der Waals surface area (Å²) in [6, 6.07) is 8.64. The van der Waals surface area contributed by atoms with Gasteiger partial charge in [0.25, 0.3) is 0 Å². The molecule has 0 bridgehead atoms. The number of halogens is 1. The van der Waals surface area contributed by atoms with Crippen LogP contribution in [0.1, 0.15) is 28.4 Å². The third kappa shape index (κ3) is 5.97. The maximum Gasteiger partial charge on any atom is 0.191 e. The summed E-state index contributed by atoms with van der Waals surface area (Å²) in [7, 11) is 3.53. The Morgan fingerprint density at radius 1 is 1.39 bits per heavy atom. The number of anilines is 1. The molecule has 1 aromatic carbocycles. The number of aryl methyl sites for hydroxylation is 2. The van der Waals surface area contributed by atoms with Gasteiger partial charge in [-0.15, -0.1) is 35.3 Å². The van der Waals surface area contributed by atoms with Gasteiger partial charge in [-0.25, -0.2) is 4.98 Å². The van der Waals surface area contributed by atoms with E-state index in [-0.39, 0.29) is 24.0 Å². The summed E-state index contributed by atoms with van der Waals surface area (Å²) in [5.41, 5.74) is 2.31. The number of hydrogen-bond donors (Lipinski definition) is 2. The van der Waals surface area contributed by atoms with Crippen LogP contribution in [-0.2, 0) is 6.54 Å². The van der Waals surface area contributed by atoms with Crippen molar-refractivity contribution in [3.05, 3.63) is 39.8 Å². The molecule has 0 spiro atoms. The topological polar surface area (TPSA) is 61.8 Å². The number of guanidine groups is 1. The number of nitrogens with one attached hydrogen (secondary N) is 2. The van der Waals surface area contributed by atoms with E-state index in [2.05, 4.69) is 44.6 Å². The van der Waals surface area contributed by atoms with E-state index in [1.807, 2.05) is 26.1 Å². The molecule has 1 aliphatic heterocycles. The number of rotatable bonds is 5. The fourth-order valence-corrected chi connectivity index (χ4v) is 4.30. The molecule has 2 aromatic rings. The Morgan fingerprint density at radius 2 is 2.21 bits per heavy atom. The van der Waals surface area contributed by atoms with Crippen LogP contribution in [0.3, 0.4) is 0 Å². The first-order chi connectivity index (χ1) is 13.1. The van der Waals surface area contributed by atoms with Crippen LogP contribution in [0.25, 0.3) is 0 Å². The van der Waals surface area contributed by atoms with Crippen LogP contribution in [0.4, 0.5) is 5.69 Å². The zero-order valence-electron chi connectivity index (χ0n) is 17.0. The van der Waals surface area contributed by atoms with Gasteiger partial charge in [-0.05, 0) is 38.8 Å². The van der Waals surface area contributed by atoms with E-state index in [4.69, 9.17) is 4.74 Å². The first-order valence-electron chi connectivity index (χ1n) is 9.38. The monoisotopic (exact) mass is 515 g/mol. The van der Waals surface area contributed by atoms with Gasteiger partial charge < -0.3 is 20.3 Å². The van der Waals surface area contributed by atoms with Crippen LogP contribution in [0.5, 0.6) is 5.75 Å². The number of methoxy groups -OCH3 is 1. The van der Waals surface area contributed by atoms with Crippen molar-refractivity contribution in [2.75, 3.05) is 32.1 Å². The number of ether oxygens (including phenoxy) is 1. The van der Waals surface area contributed by atoms with Gasteiger partial charge in [0.2, 0.25) is 0 Å². The van der Waals surface area contributed by atoms with E-state index in [0.29, 0.717) is 6.04 Å². The Morgan fingerprint density at radius 3 is 2.89 bits per heavy atom. The first-order valence-corrected chi connectivity index (χ1v) is 10.2. The predicted molar refractivity (Wildman–Crippen MR) is 129 cm³/mol. The highest BCUT2D eigenvalue weighted by Crippen LogP contribution is 2.24. The van der Waals surface area contributed by atoms with E-state index < -0.39 is 0 Å². The molecule has 0 amide bonds. The van der Waals surface area contributed by atoms with Gasteiger partial charge in [-0.1, -0.05) is 6.07 Å². The third-order valence-corrected chi connectivity index (χ3v) is 5.89. The summed E-state index contributed by atoms with van der Waals surface area (Å²) < 4.78 is 5.36. The summed E-state index contributed by atoms with van der Waals surface area (Å²) in [5, 5.41) is 8.12. The van der Waals surface area contributed by atoms with Crippen molar-refractivity contribution < 1.29 is 4.74 Å². The molecule has 0 aliphatic carbocycles. The molecule has 2 heterocycles. The van der Waals surface area contributed by atoms with Crippen LogP contribution >= 0.6 is 35.3 Å². The summed E-state index contributed by atoms with van der Waals surface area (Å²) in [5.74, 6) is 1.74. The molecule has 1 unspecified atom stereocenters. The van der Waals surface area contributed by atoms with Crippen molar-refractivity contribution in [2.45, 2.75) is 39.3 Å². The summed E-state index contributed by atoms with van der Waals surface area (Å²) in [4.78, 5) is 12.6. The van der Waals surface area contributed by atoms with Gasteiger partial charge >= 0.3 is 0 Å². The van der Waals surface area contributed by atoms with E-state index in [0.717, 1.165) is 54.9 Å². The third-order valence-electron chi connectivity index (χ3n) is 4.82. The number of piperidine rings is 1. The second-order valence-corrected chi connectivity index (χ2v) is 8.09. The number of nitrogens with zero attached hydrogens (tertiary/aromatic N) is 3. The normalized spacial score (nSPS) is 17.1. The zero-order chi connectivity index (χ0) is 19.2. The highest BCUT2D eigenvalue weighted by Gasteiger charge is 2.21. The average molecular weight is 515 g/mol. The van der Waals surface area contributed by atoms with Gasteiger partial charge in [0.15, 0.2) is 5.96 Å². The molecule has 154 valence electrons. The zero-order valence-corrected chi connectivity index (χ0v) is 20.1. The number of thiazole rings is 1. The van der Waals surface area contributed by atoms with Crippen LogP contribution < -0.4 is 20.3 Å². The van der Waals surface area contributed by atoms with Crippen molar-refractivity contribution in [3.63, 3.8) is 0 Å². The molecular weight excluding hydrogens is 485 g/mol. The van der Waals surface area contributed by atoms with Crippen LogP contribution in [-0.4, -0.2) is 44.2 Å². The van der Waals surface area contributed by atoms with Crippen molar-refractivity contribution >= 4 is 47.0 Å². The lowest BCUT2D eigenvalue weighted by Crippen LogP contribution is -2.51. The minimum atomic E-state index is 0. The standard InChI is InChI=1S/C20H29N5OS.HI/c1-14-19(27-15(2)23-14)12-22-20(21-3)24-16-7-6-10-25(13-16)17-8-5-9-18(11-17)26-4;/h5,8-9,11,16H,6-7,10,12-13H2,1-4H3,(H2,21,22,24);1H.